The second-order valence-electron chi connectivity index (χ2n) is 5.22. The summed E-state index contributed by atoms with van der Waals surface area (Å²) in [7, 11) is 6.11. The molecule has 0 bridgehead atoms. The zero-order valence-electron chi connectivity index (χ0n) is 14.4. The van der Waals surface area contributed by atoms with E-state index in [9.17, 15) is 4.79 Å². The molecule has 6 nitrogen and oxygen atoms in total. The van der Waals surface area contributed by atoms with Crippen LogP contribution < -0.4 is 24.4 Å². The third-order valence-electron chi connectivity index (χ3n) is 3.89. The number of para-hydroxylation sites is 1. The van der Waals surface area contributed by atoms with Gasteiger partial charge in [-0.2, -0.15) is 0 Å². The van der Waals surface area contributed by atoms with Crippen LogP contribution in [0.4, 0.5) is 0 Å². The van der Waals surface area contributed by atoms with Crippen LogP contribution in [0.5, 0.6) is 23.0 Å². The SMILES string of the molecule is COc1cc(OC)c2c(=O)cc(-c3cccc(OC)c3OC)oc2c1. The van der Waals surface area contributed by atoms with Gasteiger partial charge in [0, 0.05) is 18.2 Å². The lowest BCUT2D eigenvalue weighted by atomic mass is 10.1. The molecule has 0 radical (unpaired) electrons. The van der Waals surface area contributed by atoms with Gasteiger partial charge >= 0.3 is 0 Å². The molecular weight excluding hydrogens is 324 g/mol. The number of ether oxygens (including phenoxy) is 4. The molecule has 2 aromatic carbocycles. The normalized spacial score (nSPS) is 10.6. The lowest BCUT2D eigenvalue weighted by Gasteiger charge is -2.13. The number of fused-ring (bicyclic) bond motifs is 1. The summed E-state index contributed by atoms with van der Waals surface area (Å²) in [4.78, 5) is 12.7. The molecule has 0 N–H and O–H groups in total. The highest BCUT2D eigenvalue weighted by molar-refractivity contribution is 5.87. The van der Waals surface area contributed by atoms with E-state index in [0.717, 1.165) is 0 Å². The molecule has 0 saturated heterocycles. The van der Waals surface area contributed by atoms with Crippen molar-refractivity contribution in [3.05, 3.63) is 46.6 Å². The molecule has 0 aliphatic rings. The maximum absolute atomic E-state index is 12.7. The standard InChI is InChI=1S/C19H18O6/c1-21-11-8-16(23-3)18-13(20)10-15(25-17(18)9-11)12-6-5-7-14(22-2)19(12)24-4/h5-10H,1-4H3. The lowest BCUT2D eigenvalue weighted by Crippen LogP contribution is -2.04. The van der Waals surface area contributed by atoms with Crippen LogP contribution >= 0.6 is 0 Å². The van der Waals surface area contributed by atoms with E-state index < -0.39 is 0 Å². The van der Waals surface area contributed by atoms with Gasteiger partial charge in [-0.25, -0.2) is 0 Å². The van der Waals surface area contributed by atoms with E-state index in [-0.39, 0.29) is 5.43 Å². The van der Waals surface area contributed by atoms with Crippen molar-refractivity contribution in [1.82, 2.24) is 0 Å². The van der Waals surface area contributed by atoms with Gasteiger partial charge in [0.2, 0.25) is 0 Å². The Bertz CT molecular complexity index is 974. The summed E-state index contributed by atoms with van der Waals surface area (Å²) >= 11 is 0. The quantitative estimate of drug-likeness (QED) is 0.707. The monoisotopic (exact) mass is 342 g/mol. The number of hydrogen-bond donors (Lipinski definition) is 0. The van der Waals surface area contributed by atoms with Gasteiger partial charge in [0.1, 0.15) is 28.2 Å². The molecule has 0 amide bonds. The van der Waals surface area contributed by atoms with Crippen molar-refractivity contribution in [2.75, 3.05) is 28.4 Å². The first-order valence-corrected chi connectivity index (χ1v) is 7.54. The first kappa shape index (κ1) is 16.7. The van der Waals surface area contributed by atoms with Crippen molar-refractivity contribution >= 4 is 11.0 Å². The Kier molecular flexibility index (Phi) is 4.52. The predicted molar refractivity (Wildman–Crippen MR) is 94.1 cm³/mol. The van der Waals surface area contributed by atoms with Crippen LogP contribution in [0.15, 0.2) is 45.6 Å². The van der Waals surface area contributed by atoms with Crippen LogP contribution in [0.2, 0.25) is 0 Å². The Morgan fingerprint density at radius 3 is 2.24 bits per heavy atom. The summed E-state index contributed by atoms with van der Waals surface area (Å²) in [6, 6.07) is 10.1. The minimum Gasteiger partial charge on any atom is -0.496 e. The number of benzene rings is 2. The second kappa shape index (κ2) is 6.76. The number of methoxy groups -OCH3 is 4. The first-order chi connectivity index (χ1) is 12.1. The summed E-state index contributed by atoms with van der Waals surface area (Å²) in [5, 5.41) is 0.355. The topological polar surface area (TPSA) is 67.1 Å². The average molecular weight is 342 g/mol. The molecule has 3 aromatic rings. The van der Waals surface area contributed by atoms with E-state index in [1.165, 1.54) is 27.4 Å². The molecule has 25 heavy (non-hydrogen) atoms. The zero-order chi connectivity index (χ0) is 18.0. The van der Waals surface area contributed by atoms with Crippen molar-refractivity contribution in [1.29, 1.82) is 0 Å². The summed E-state index contributed by atoms with van der Waals surface area (Å²) in [6.07, 6.45) is 0. The predicted octanol–water partition coefficient (Wildman–Crippen LogP) is 3.49. The fraction of sp³-hybridized carbons (Fsp3) is 0.211. The van der Waals surface area contributed by atoms with Gasteiger partial charge in [0.25, 0.3) is 0 Å². The zero-order valence-corrected chi connectivity index (χ0v) is 14.4. The highest BCUT2D eigenvalue weighted by Gasteiger charge is 2.17. The Morgan fingerprint density at radius 2 is 1.60 bits per heavy atom. The Morgan fingerprint density at radius 1 is 0.840 bits per heavy atom. The van der Waals surface area contributed by atoms with E-state index in [1.807, 2.05) is 0 Å². The summed E-state index contributed by atoms with van der Waals surface area (Å²) in [5.74, 6) is 2.33. The van der Waals surface area contributed by atoms with Gasteiger partial charge < -0.3 is 23.4 Å². The molecule has 6 heteroatoms. The smallest absolute Gasteiger partial charge is 0.197 e. The molecule has 0 fully saturated rings. The molecule has 1 aromatic heterocycles. The third kappa shape index (κ3) is 2.87. The van der Waals surface area contributed by atoms with E-state index in [4.69, 9.17) is 23.4 Å². The molecule has 0 aliphatic heterocycles. The van der Waals surface area contributed by atoms with Crippen molar-refractivity contribution in [2.45, 2.75) is 0 Å². The Balaban J connectivity index is 2.31. The largest absolute Gasteiger partial charge is 0.496 e. The minimum atomic E-state index is -0.222. The maximum Gasteiger partial charge on any atom is 0.197 e. The van der Waals surface area contributed by atoms with Crippen molar-refractivity contribution in [2.24, 2.45) is 0 Å². The van der Waals surface area contributed by atoms with E-state index in [1.54, 1.807) is 37.4 Å². The molecule has 3 rings (SSSR count). The van der Waals surface area contributed by atoms with E-state index in [0.29, 0.717) is 45.3 Å². The van der Waals surface area contributed by atoms with Crippen LogP contribution in [0.3, 0.4) is 0 Å². The second-order valence-corrected chi connectivity index (χ2v) is 5.22. The van der Waals surface area contributed by atoms with Crippen molar-refractivity contribution in [3.63, 3.8) is 0 Å². The molecular formula is C19H18O6. The van der Waals surface area contributed by atoms with E-state index >= 15 is 0 Å². The molecule has 130 valence electrons. The molecule has 0 saturated carbocycles. The van der Waals surface area contributed by atoms with Crippen molar-refractivity contribution < 1.29 is 23.4 Å². The summed E-state index contributed by atoms with van der Waals surface area (Å²) < 4.78 is 27.2. The van der Waals surface area contributed by atoms with Gasteiger partial charge in [-0.1, -0.05) is 6.07 Å². The third-order valence-corrected chi connectivity index (χ3v) is 3.89. The van der Waals surface area contributed by atoms with Gasteiger partial charge in [-0.05, 0) is 12.1 Å². The highest BCUT2D eigenvalue weighted by Crippen LogP contribution is 2.39. The molecule has 0 atom stereocenters. The molecule has 1 heterocycles. The lowest BCUT2D eigenvalue weighted by molar-refractivity contribution is 0.355. The first-order valence-electron chi connectivity index (χ1n) is 7.54. The Labute approximate surface area is 144 Å². The molecule has 0 spiro atoms. The summed E-state index contributed by atoms with van der Waals surface area (Å²) in [6.45, 7) is 0. The van der Waals surface area contributed by atoms with Gasteiger partial charge in [0.15, 0.2) is 16.9 Å². The maximum atomic E-state index is 12.7. The van der Waals surface area contributed by atoms with Gasteiger partial charge in [-0.15, -0.1) is 0 Å². The van der Waals surface area contributed by atoms with E-state index in [2.05, 4.69) is 0 Å². The van der Waals surface area contributed by atoms with Gasteiger partial charge in [-0.3, -0.25) is 4.79 Å². The minimum absolute atomic E-state index is 0.222. The van der Waals surface area contributed by atoms with Crippen LogP contribution in [0.25, 0.3) is 22.3 Å². The van der Waals surface area contributed by atoms with Crippen LogP contribution in [-0.4, -0.2) is 28.4 Å². The summed E-state index contributed by atoms with van der Waals surface area (Å²) in [5.41, 5.74) is 0.756. The average Bonchev–Trinajstić information content (AvgIpc) is 2.65. The highest BCUT2D eigenvalue weighted by atomic mass is 16.5. The van der Waals surface area contributed by atoms with Crippen LogP contribution in [0, 0.1) is 0 Å². The van der Waals surface area contributed by atoms with Crippen LogP contribution in [0.1, 0.15) is 0 Å². The van der Waals surface area contributed by atoms with Gasteiger partial charge in [0.05, 0.1) is 34.0 Å². The fourth-order valence-corrected chi connectivity index (χ4v) is 2.72. The Hall–Kier alpha value is -3.15. The van der Waals surface area contributed by atoms with Crippen molar-refractivity contribution in [3.8, 4) is 34.3 Å². The van der Waals surface area contributed by atoms with Crippen LogP contribution in [-0.2, 0) is 0 Å². The molecule has 0 aliphatic carbocycles. The fourth-order valence-electron chi connectivity index (χ4n) is 2.72. The number of hydrogen-bond acceptors (Lipinski definition) is 6. The molecule has 0 unspecified atom stereocenters. The number of rotatable bonds is 5.